The molecule has 0 fully saturated rings. The number of halogens is 1. The lowest BCUT2D eigenvalue weighted by Crippen LogP contribution is -2.16. The molecule has 0 saturated carbocycles. The van der Waals surface area contributed by atoms with Crippen molar-refractivity contribution in [2.75, 3.05) is 5.32 Å². The topological polar surface area (TPSA) is 46.4 Å². The number of anilines is 1. The molecule has 0 unspecified atom stereocenters. The van der Waals surface area contributed by atoms with Gasteiger partial charge < -0.3 is 5.32 Å². The molecule has 0 aliphatic carbocycles. The van der Waals surface area contributed by atoms with Gasteiger partial charge in [0.2, 0.25) is 0 Å². The minimum Gasteiger partial charge on any atom is -0.366 e. The third-order valence-electron chi connectivity index (χ3n) is 3.25. The molecular formula is C16H14ClN3O. The highest BCUT2D eigenvalue weighted by molar-refractivity contribution is 6.30. The molecule has 2 aromatic heterocycles. The maximum atomic E-state index is 12.1. The number of aryl methyl sites for hydroxylation is 1. The Balaban J connectivity index is 1.91. The molecule has 0 amide bonds. The van der Waals surface area contributed by atoms with E-state index in [1.165, 1.54) is 6.07 Å². The highest BCUT2D eigenvalue weighted by atomic mass is 35.5. The zero-order valence-corrected chi connectivity index (χ0v) is 12.3. The van der Waals surface area contributed by atoms with E-state index in [0.29, 0.717) is 23.0 Å². The summed E-state index contributed by atoms with van der Waals surface area (Å²) >= 11 is 5.95. The Kier molecular flexibility index (Phi) is 3.62. The SMILES string of the molecule is Cc1cccn2c(=O)cc(NCc3cccc(Cl)c3)nc12. The summed E-state index contributed by atoms with van der Waals surface area (Å²) in [6, 6.07) is 12.8. The van der Waals surface area contributed by atoms with Crippen LogP contribution in [0.25, 0.3) is 5.65 Å². The van der Waals surface area contributed by atoms with Crippen LogP contribution in [0.4, 0.5) is 5.82 Å². The number of aromatic nitrogens is 2. The minimum absolute atomic E-state index is 0.0997. The fraction of sp³-hybridized carbons (Fsp3) is 0.125. The van der Waals surface area contributed by atoms with Gasteiger partial charge in [0.05, 0.1) is 0 Å². The van der Waals surface area contributed by atoms with Crippen LogP contribution in [-0.4, -0.2) is 9.38 Å². The molecular weight excluding hydrogens is 286 g/mol. The Morgan fingerprint density at radius 3 is 2.90 bits per heavy atom. The molecule has 0 atom stereocenters. The Morgan fingerprint density at radius 2 is 2.10 bits per heavy atom. The normalized spacial score (nSPS) is 10.8. The monoisotopic (exact) mass is 299 g/mol. The van der Waals surface area contributed by atoms with E-state index < -0.39 is 0 Å². The van der Waals surface area contributed by atoms with Gasteiger partial charge in [-0.3, -0.25) is 9.20 Å². The average Bonchev–Trinajstić information content (AvgIpc) is 2.46. The van der Waals surface area contributed by atoms with Gasteiger partial charge in [0.1, 0.15) is 11.5 Å². The van der Waals surface area contributed by atoms with Gasteiger partial charge >= 0.3 is 0 Å². The van der Waals surface area contributed by atoms with Crippen molar-refractivity contribution in [1.82, 2.24) is 9.38 Å². The highest BCUT2D eigenvalue weighted by Gasteiger charge is 2.04. The molecule has 0 spiro atoms. The number of pyridine rings is 1. The molecule has 3 aromatic rings. The van der Waals surface area contributed by atoms with Crippen LogP contribution >= 0.6 is 11.6 Å². The molecule has 0 bridgehead atoms. The van der Waals surface area contributed by atoms with Crippen molar-refractivity contribution in [3.8, 4) is 0 Å². The number of nitrogens with zero attached hydrogens (tertiary/aromatic N) is 2. The Labute approximate surface area is 127 Å². The Bertz CT molecular complexity index is 858. The number of rotatable bonds is 3. The third kappa shape index (κ3) is 2.90. The molecule has 0 aliphatic rings. The van der Waals surface area contributed by atoms with E-state index in [2.05, 4.69) is 10.3 Å². The van der Waals surface area contributed by atoms with E-state index in [4.69, 9.17) is 11.6 Å². The highest BCUT2D eigenvalue weighted by Crippen LogP contribution is 2.13. The predicted molar refractivity (Wildman–Crippen MR) is 85.0 cm³/mol. The largest absolute Gasteiger partial charge is 0.366 e. The first-order valence-corrected chi connectivity index (χ1v) is 6.98. The number of hydrogen-bond donors (Lipinski definition) is 1. The van der Waals surface area contributed by atoms with Crippen LogP contribution in [-0.2, 0) is 6.54 Å². The van der Waals surface area contributed by atoms with E-state index in [0.717, 1.165) is 11.1 Å². The van der Waals surface area contributed by atoms with Crippen molar-refractivity contribution < 1.29 is 0 Å². The lowest BCUT2D eigenvalue weighted by Gasteiger charge is -2.08. The number of benzene rings is 1. The van der Waals surface area contributed by atoms with Crippen LogP contribution in [0.15, 0.2) is 53.5 Å². The van der Waals surface area contributed by atoms with Crippen LogP contribution in [0, 0.1) is 6.92 Å². The van der Waals surface area contributed by atoms with Gasteiger partial charge in [0.15, 0.2) is 0 Å². The molecule has 2 heterocycles. The van der Waals surface area contributed by atoms with E-state index in [9.17, 15) is 4.79 Å². The summed E-state index contributed by atoms with van der Waals surface area (Å²) in [4.78, 5) is 16.6. The standard InChI is InChI=1S/C16H14ClN3O/c1-11-4-3-7-20-15(21)9-14(19-16(11)20)18-10-12-5-2-6-13(17)8-12/h2-9,18H,10H2,1H3. The zero-order valence-electron chi connectivity index (χ0n) is 11.5. The van der Waals surface area contributed by atoms with Crippen LogP contribution in [0.5, 0.6) is 0 Å². The quantitative estimate of drug-likeness (QED) is 0.807. The van der Waals surface area contributed by atoms with Crippen LogP contribution in [0.2, 0.25) is 5.02 Å². The van der Waals surface area contributed by atoms with Gasteiger partial charge in [-0.1, -0.05) is 29.8 Å². The molecule has 5 heteroatoms. The summed E-state index contributed by atoms with van der Waals surface area (Å²) in [5, 5.41) is 3.86. The van der Waals surface area contributed by atoms with Crippen molar-refractivity contribution >= 4 is 23.1 Å². The second kappa shape index (κ2) is 5.58. The summed E-state index contributed by atoms with van der Waals surface area (Å²) in [6.07, 6.45) is 1.72. The van der Waals surface area contributed by atoms with Crippen LogP contribution in [0.1, 0.15) is 11.1 Å². The smallest absolute Gasteiger partial charge is 0.259 e. The van der Waals surface area contributed by atoms with E-state index in [-0.39, 0.29) is 5.56 Å². The van der Waals surface area contributed by atoms with Gasteiger partial charge in [0.25, 0.3) is 5.56 Å². The van der Waals surface area contributed by atoms with Gasteiger partial charge in [0, 0.05) is 23.8 Å². The summed E-state index contributed by atoms with van der Waals surface area (Å²) in [7, 11) is 0. The van der Waals surface area contributed by atoms with Crippen LogP contribution in [0.3, 0.4) is 0 Å². The van der Waals surface area contributed by atoms with Crippen molar-refractivity contribution in [3.05, 3.63) is 75.2 Å². The Morgan fingerprint density at radius 1 is 1.24 bits per heavy atom. The fourth-order valence-electron chi connectivity index (χ4n) is 2.19. The summed E-state index contributed by atoms with van der Waals surface area (Å²) in [5.41, 5.74) is 2.56. The molecule has 106 valence electrons. The van der Waals surface area contributed by atoms with E-state index in [1.54, 1.807) is 10.6 Å². The zero-order chi connectivity index (χ0) is 14.8. The lowest BCUT2D eigenvalue weighted by molar-refractivity contribution is 1.01. The predicted octanol–water partition coefficient (Wildman–Crippen LogP) is 3.27. The number of nitrogens with one attached hydrogen (secondary N) is 1. The summed E-state index contributed by atoms with van der Waals surface area (Å²) < 4.78 is 1.54. The van der Waals surface area contributed by atoms with Crippen LogP contribution < -0.4 is 10.9 Å². The first-order chi connectivity index (χ1) is 10.1. The average molecular weight is 300 g/mol. The van der Waals surface area contributed by atoms with Crippen molar-refractivity contribution in [1.29, 1.82) is 0 Å². The van der Waals surface area contributed by atoms with Gasteiger partial charge in [-0.2, -0.15) is 0 Å². The van der Waals surface area contributed by atoms with Gasteiger partial charge in [-0.05, 0) is 36.2 Å². The van der Waals surface area contributed by atoms with E-state index >= 15 is 0 Å². The second-order valence-corrected chi connectivity index (χ2v) is 5.28. The second-order valence-electron chi connectivity index (χ2n) is 4.85. The molecule has 1 aromatic carbocycles. The molecule has 0 aliphatic heterocycles. The molecule has 21 heavy (non-hydrogen) atoms. The van der Waals surface area contributed by atoms with Gasteiger partial charge in [-0.25, -0.2) is 4.98 Å². The van der Waals surface area contributed by atoms with Crippen molar-refractivity contribution in [3.63, 3.8) is 0 Å². The first-order valence-electron chi connectivity index (χ1n) is 6.61. The number of fused-ring (bicyclic) bond motifs is 1. The molecule has 1 N–H and O–H groups in total. The minimum atomic E-state index is -0.0997. The fourth-order valence-corrected chi connectivity index (χ4v) is 2.40. The third-order valence-corrected chi connectivity index (χ3v) is 3.48. The maximum Gasteiger partial charge on any atom is 0.259 e. The first kappa shape index (κ1) is 13.6. The van der Waals surface area contributed by atoms with E-state index in [1.807, 2.05) is 43.3 Å². The molecule has 4 nitrogen and oxygen atoms in total. The molecule has 0 saturated heterocycles. The maximum absolute atomic E-state index is 12.1. The summed E-state index contributed by atoms with van der Waals surface area (Å²) in [6.45, 7) is 2.50. The number of hydrogen-bond acceptors (Lipinski definition) is 3. The lowest BCUT2D eigenvalue weighted by atomic mass is 10.2. The van der Waals surface area contributed by atoms with Crippen molar-refractivity contribution in [2.45, 2.75) is 13.5 Å². The summed E-state index contributed by atoms with van der Waals surface area (Å²) in [5.74, 6) is 0.564. The van der Waals surface area contributed by atoms with Gasteiger partial charge in [-0.15, -0.1) is 0 Å². The van der Waals surface area contributed by atoms with Crippen molar-refractivity contribution in [2.24, 2.45) is 0 Å². The molecule has 3 rings (SSSR count). The molecule has 0 radical (unpaired) electrons. The Hall–Kier alpha value is -2.33.